The summed E-state index contributed by atoms with van der Waals surface area (Å²) in [5.41, 5.74) is 6.40. The summed E-state index contributed by atoms with van der Waals surface area (Å²) in [4.78, 5) is 18.2. The Bertz CT molecular complexity index is 1190. The Labute approximate surface area is 171 Å². The molecule has 0 aliphatic heterocycles. The van der Waals surface area contributed by atoms with Crippen molar-refractivity contribution >= 4 is 22.5 Å². The molecule has 0 aliphatic rings. The molecule has 0 atom stereocenters. The maximum absolute atomic E-state index is 13.3. The standard InChI is InChI=1S/C26H24N2O/c1-17(2)19-11-6-8-14-23(19)28-26(29)22-16-25(20-12-5-4-10-18(20)3)27-24-15-9-7-13-21(22)24/h4-17H,1-3H3,(H,28,29). The van der Waals surface area contributed by atoms with Gasteiger partial charge in [0.25, 0.3) is 5.91 Å². The second kappa shape index (κ2) is 7.88. The van der Waals surface area contributed by atoms with Crippen LogP contribution in [0.2, 0.25) is 0 Å². The number of hydrogen-bond donors (Lipinski definition) is 1. The van der Waals surface area contributed by atoms with Gasteiger partial charge in [-0.2, -0.15) is 0 Å². The zero-order valence-electron chi connectivity index (χ0n) is 16.9. The molecule has 0 radical (unpaired) electrons. The minimum absolute atomic E-state index is 0.119. The van der Waals surface area contributed by atoms with Gasteiger partial charge in [-0.3, -0.25) is 4.79 Å². The van der Waals surface area contributed by atoms with Gasteiger partial charge in [-0.25, -0.2) is 4.98 Å². The fourth-order valence-corrected chi connectivity index (χ4v) is 3.67. The van der Waals surface area contributed by atoms with Crippen molar-refractivity contribution in [3.63, 3.8) is 0 Å². The molecule has 0 fully saturated rings. The van der Waals surface area contributed by atoms with Crippen molar-refractivity contribution < 1.29 is 4.79 Å². The van der Waals surface area contributed by atoms with Crippen LogP contribution in [0.15, 0.2) is 78.9 Å². The minimum atomic E-state index is -0.119. The van der Waals surface area contributed by atoms with Gasteiger partial charge in [-0.05, 0) is 42.2 Å². The third kappa shape index (κ3) is 3.77. The van der Waals surface area contributed by atoms with Crippen LogP contribution >= 0.6 is 0 Å². The van der Waals surface area contributed by atoms with Gasteiger partial charge in [-0.15, -0.1) is 0 Å². The Morgan fingerprint density at radius 3 is 2.38 bits per heavy atom. The monoisotopic (exact) mass is 380 g/mol. The van der Waals surface area contributed by atoms with Crippen molar-refractivity contribution in [1.82, 2.24) is 4.98 Å². The lowest BCUT2D eigenvalue weighted by Crippen LogP contribution is -2.14. The highest BCUT2D eigenvalue weighted by Gasteiger charge is 2.16. The quantitative estimate of drug-likeness (QED) is 0.434. The number of nitrogens with one attached hydrogen (secondary N) is 1. The number of rotatable bonds is 4. The van der Waals surface area contributed by atoms with E-state index in [4.69, 9.17) is 4.98 Å². The van der Waals surface area contributed by atoms with E-state index in [0.29, 0.717) is 11.5 Å². The fraction of sp³-hybridized carbons (Fsp3) is 0.154. The first kappa shape index (κ1) is 18.9. The predicted molar refractivity (Wildman–Crippen MR) is 120 cm³/mol. The molecule has 29 heavy (non-hydrogen) atoms. The third-order valence-electron chi connectivity index (χ3n) is 5.21. The lowest BCUT2D eigenvalue weighted by Gasteiger charge is -2.15. The van der Waals surface area contributed by atoms with Crippen molar-refractivity contribution in [2.75, 3.05) is 5.32 Å². The van der Waals surface area contributed by atoms with E-state index in [1.54, 1.807) is 0 Å². The highest BCUT2D eigenvalue weighted by atomic mass is 16.1. The van der Waals surface area contributed by atoms with Crippen molar-refractivity contribution in [3.05, 3.63) is 95.6 Å². The lowest BCUT2D eigenvalue weighted by molar-refractivity contribution is 0.102. The van der Waals surface area contributed by atoms with Crippen molar-refractivity contribution in [2.45, 2.75) is 26.7 Å². The van der Waals surface area contributed by atoms with Crippen molar-refractivity contribution in [3.8, 4) is 11.3 Å². The zero-order chi connectivity index (χ0) is 20.4. The average Bonchev–Trinajstić information content (AvgIpc) is 2.73. The van der Waals surface area contributed by atoms with Gasteiger partial charge in [-0.1, -0.05) is 74.5 Å². The van der Waals surface area contributed by atoms with Crippen LogP contribution in [0.5, 0.6) is 0 Å². The molecular formula is C26H24N2O. The van der Waals surface area contributed by atoms with Gasteiger partial charge in [0, 0.05) is 16.6 Å². The average molecular weight is 380 g/mol. The number of aromatic nitrogens is 1. The van der Waals surface area contributed by atoms with E-state index in [1.165, 1.54) is 0 Å². The maximum atomic E-state index is 13.3. The highest BCUT2D eigenvalue weighted by molar-refractivity contribution is 6.13. The van der Waals surface area contributed by atoms with Crippen LogP contribution in [0.4, 0.5) is 5.69 Å². The van der Waals surface area contributed by atoms with Gasteiger partial charge >= 0.3 is 0 Å². The number of amides is 1. The molecule has 3 heteroatoms. The highest BCUT2D eigenvalue weighted by Crippen LogP contribution is 2.29. The molecule has 0 aliphatic carbocycles. The molecule has 1 heterocycles. The van der Waals surface area contributed by atoms with Crippen LogP contribution < -0.4 is 5.32 Å². The zero-order valence-corrected chi connectivity index (χ0v) is 16.9. The van der Waals surface area contributed by atoms with E-state index >= 15 is 0 Å². The summed E-state index contributed by atoms with van der Waals surface area (Å²) in [6.45, 7) is 6.32. The molecule has 1 N–H and O–H groups in total. The first-order valence-electron chi connectivity index (χ1n) is 9.90. The third-order valence-corrected chi connectivity index (χ3v) is 5.21. The molecular weight excluding hydrogens is 356 g/mol. The molecule has 0 saturated heterocycles. The lowest BCUT2D eigenvalue weighted by atomic mass is 9.99. The number of hydrogen-bond acceptors (Lipinski definition) is 2. The van der Waals surface area contributed by atoms with Crippen LogP contribution in [0, 0.1) is 6.92 Å². The molecule has 3 nitrogen and oxygen atoms in total. The van der Waals surface area contributed by atoms with Gasteiger partial charge in [0.2, 0.25) is 0 Å². The Hall–Kier alpha value is -3.46. The van der Waals surface area contributed by atoms with E-state index < -0.39 is 0 Å². The van der Waals surface area contributed by atoms with E-state index in [-0.39, 0.29) is 5.91 Å². The Morgan fingerprint density at radius 1 is 0.897 bits per heavy atom. The minimum Gasteiger partial charge on any atom is -0.322 e. The normalized spacial score (nSPS) is 11.0. The predicted octanol–water partition coefficient (Wildman–Crippen LogP) is 6.59. The van der Waals surface area contributed by atoms with E-state index in [0.717, 1.165) is 39.0 Å². The summed E-state index contributed by atoms with van der Waals surface area (Å²) in [5.74, 6) is 0.203. The van der Waals surface area contributed by atoms with E-state index in [9.17, 15) is 4.79 Å². The molecule has 0 saturated carbocycles. The summed E-state index contributed by atoms with van der Waals surface area (Å²) >= 11 is 0. The number of fused-ring (bicyclic) bond motifs is 1. The van der Waals surface area contributed by atoms with Gasteiger partial charge in [0.1, 0.15) is 0 Å². The smallest absolute Gasteiger partial charge is 0.256 e. The second-order valence-electron chi connectivity index (χ2n) is 7.58. The summed E-state index contributed by atoms with van der Waals surface area (Å²) in [5, 5.41) is 3.98. The maximum Gasteiger partial charge on any atom is 0.256 e. The number of carbonyl (C=O) groups excluding carboxylic acids is 1. The molecule has 0 bridgehead atoms. The second-order valence-corrected chi connectivity index (χ2v) is 7.58. The summed E-state index contributed by atoms with van der Waals surface area (Å²) in [6, 6.07) is 25.8. The molecule has 4 aromatic rings. The fourth-order valence-electron chi connectivity index (χ4n) is 3.67. The summed E-state index contributed by atoms with van der Waals surface area (Å²) in [6.07, 6.45) is 0. The SMILES string of the molecule is Cc1ccccc1-c1cc(C(=O)Nc2ccccc2C(C)C)c2ccccc2n1. The molecule has 144 valence electrons. The number of para-hydroxylation sites is 2. The number of benzene rings is 3. The van der Waals surface area contributed by atoms with Gasteiger partial charge in [0.15, 0.2) is 0 Å². The first-order valence-corrected chi connectivity index (χ1v) is 9.90. The van der Waals surface area contributed by atoms with Crippen LogP contribution in [-0.2, 0) is 0 Å². The summed E-state index contributed by atoms with van der Waals surface area (Å²) < 4.78 is 0. The Morgan fingerprint density at radius 2 is 1.59 bits per heavy atom. The molecule has 0 unspecified atom stereocenters. The van der Waals surface area contributed by atoms with Crippen molar-refractivity contribution in [1.29, 1.82) is 0 Å². The van der Waals surface area contributed by atoms with Crippen molar-refractivity contribution in [2.24, 2.45) is 0 Å². The molecule has 4 rings (SSSR count). The van der Waals surface area contributed by atoms with E-state index in [2.05, 4.69) is 38.2 Å². The number of aryl methyl sites for hydroxylation is 1. The van der Waals surface area contributed by atoms with Crippen LogP contribution in [0.25, 0.3) is 22.2 Å². The number of pyridine rings is 1. The Balaban J connectivity index is 1.83. The Kier molecular flexibility index (Phi) is 5.13. The van der Waals surface area contributed by atoms with Crippen LogP contribution in [0.3, 0.4) is 0 Å². The molecule has 0 spiro atoms. The molecule has 1 amide bonds. The van der Waals surface area contributed by atoms with Gasteiger partial charge in [0.05, 0.1) is 16.8 Å². The number of nitrogens with zero attached hydrogens (tertiary/aromatic N) is 1. The van der Waals surface area contributed by atoms with Crippen LogP contribution in [0.1, 0.15) is 41.3 Å². The first-order chi connectivity index (χ1) is 14.0. The van der Waals surface area contributed by atoms with Crippen LogP contribution in [-0.4, -0.2) is 10.9 Å². The summed E-state index contributed by atoms with van der Waals surface area (Å²) in [7, 11) is 0. The number of anilines is 1. The van der Waals surface area contributed by atoms with E-state index in [1.807, 2.05) is 66.7 Å². The molecule has 3 aromatic carbocycles. The van der Waals surface area contributed by atoms with Gasteiger partial charge < -0.3 is 5.32 Å². The number of carbonyl (C=O) groups is 1. The topological polar surface area (TPSA) is 42.0 Å². The molecule has 1 aromatic heterocycles. The largest absolute Gasteiger partial charge is 0.322 e.